The van der Waals surface area contributed by atoms with E-state index in [1.54, 1.807) is 12.1 Å². The van der Waals surface area contributed by atoms with E-state index >= 15 is 0 Å². The Labute approximate surface area is 120 Å². The molecule has 0 bridgehead atoms. The largest absolute Gasteiger partial charge is 0.325 e. The highest BCUT2D eigenvalue weighted by Gasteiger charge is 2.09. The van der Waals surface area contributed by atoms with Crippen molar-refractivity contribution in [3.8, 4) is 0 Å². The van der Waals surface area contributed by atoms with Crippen LogP contribution in [0.5, 0.6) is 0 Å². The number of hydrogen-bond acceptors (Lipinski definition) is 3. The first-order valence-corrected chi connectivity index (χ1v) is 7.06. The maximum absolute atomic E-state index is 13.0. The Morgan fingerprint density at radius 1 is 1.35 bits per heavy atom. The summed E-state index contributed by atoms with van der Waals surface area (Å²) in [5.41, 5.74) is 0.480. The molecule has 1 atom stereocenters. The van der Waals surface area contributed by atoms with Crippen LogP contribution in [0.25, 0.3) is 0 Å². The number of hydrogen-bond donors (Lipinski definition) is 2. The van der Waals surface area contributed by atoms with Gasteiger partial charge in [-0.2, -0.15) is 0 Å². The van der Waals surface area contributed by atoms with Gasteiger partial charge in [0.2, 0.25) is 5.91 Å². The molecule has 0 spiro atoms. The first-order chi connectivity index (χ1) is 9.55. The number of carbonyl (C=O) groups excluding carboxylic acids is 1. The molecule has 2 N–H and O–H groups in total. The van der Waals surface area contributed by atoms with E-state index in [0.717, 1.165) is 19.6 Å². The number of rotatable bonds is 8. The monoisotopic (exact) mass is 281 g/mol. The summed E-state index contributed by atoms with van der Waals surface area (Å²) in [6.45, 7) is 9.41. The average molecular weight is 281 g/mol. The van der Waals surface area contributed by atoms with Gasteiger partial charge in [0.15, 0.2) is 0 Å². The van der Waals surface area contributed by atoms with Crippen LogP contribution in [0.4, 0.5) is 10.1 Å². The van der Waals surface area contributed by atoms with Crippen LogP contribution in [0.2, 0.25) is 0 Å². The molecule has 1 aromatic rings. The SMILES string of the molecule is CCN(CC)CC(C)NCC(=O)Nc1cccc(F)c1. The molecule has 0 saturated heterocycles. The molecular weight excluding hydrogens is 257 g/mol. The number of carbonyl (C=O) groups is 1. The minimum atomic E-state index is -0.356. The number of anilines is 1. The van der Waals surface area contributed by atoms with E-state index in [1.807, 2.05) is 6.92 Å². The van der Waals surface area contributed by atoms with E-state index in [-0.39, 0.29) is 24.3 Å². The molecular formula is C15H24FN3O. The lowest BCUT2D eigenvalue weighted by Gasteiger charge is -2.23. The summed E-state index contributed by atoms with van der Waals surface area (Å²) in [7, 11) is 0. The summed E-state index contributed by atoms with van der Waals surface area (Å²) in [5.74, 6) is -0.521. The molecule has 1 amide bonds. The van der Waals surface area contributed by atoms with Crippen molar-refractivity contribution >= 4 is 11.6 Å². The van der Waals surface area contributed by atoms with Gasteiger partial charge in [-0.3, -0.25) is 4.79 Å². The van der Waals surface area contributed by atoms with Gasteiger partial charge in [-0.25, -0.2) is 4.39 Å². The minimum Gasteiger partial charge on any atom is -0.325 e. The van der Waals surface area contributed by atoms with Gasteiger partial charge in [-0.15, -0.1) is 0 Å². The summed E-state index contributed by atoms with van der Waals surface area (Å²) in [6, 6.07) is 6.12. The first-order valence-electron chi connectivity index (χ1n) is 7.06. The van der Waals surface area contributed by atoms with Gasteiger partial charge in [-0.1, -0.05) is 19.9 Å². The van der Waals surface area contributed by atoms with E-state index in [0.29, 0.717) is 5.69 Å². The molecule has 0 radical (unpaired) electrons. The second-order valence-electron chi connectivity index (χ2n) is 4.83. The number of halogens is 1. The lowest BCUT2D eigenvalue weighted by atomic mass is 10.3. The molecule has 0 saturated carbocycles. The Balaban J connectivity index is 2.32. The number of amides is 1. The Hall–Kier alpha value is -1.46. The fourth-order valence-corrected chi connectivity index (χ4v) is 1.97. The Morgan fingerprint density at radius 2 is 2.05 bits per heavy atom. The second-order valence-corrected chi connectivity index (χ2v) is 4.83. The van der Waals surface area contributed by atoms with Crippen molar-refractivity contribution in [2.45, 2.75) is 26.8 Å². The smallest absolute Gasteiger partial charge is 0.238 e. The molecule has 0 fully saturated rings. The molecule has 1 aromatic carbocycles. The van der Waals surface area contributed by atoms with Gasteiger partial charge in [-0.05, 0) is 38.2 Å². The summed E-state index contributed by atoms with van der Waals surface area (Å²) < 4.78 is 13.0. The third kappa shape index (κ3) is 6.12. The van der Waals surface area contributed by atoms with Gasteiger partial charge in [0, 0.05) is 18.3 Å². The van der Waals surface area contributed by atoms with Gasteiger partial charge in [0.05, 0.1) is 6.54 Å². The van der Waals surface area contributed by atoms with E-state index in [9.17, 15) is 9.18 Å². The van der Waals surface area contributed by atoms with Crippen LogP contribution in [0.1, 0.15) is 20.8 Å². The Bertz CT molecular complexity index is 421. The van der Waals surface area contributed by atoms with Crippen molar-refractivity contribution in [3.05, 3.63) is 30.1 Å². The number of nitrogens with one attached hydrogen (secondary N) is 2. The predicted molar refractivity (Wildman–Crippen MR) is 80.3 cm³/mol. The first kappa shape index (κ1) is 16.6. The second kappa shape index (κ2) is 8.66. The Morgan fingerprint density at radius 3 is 2.65 bits per heavy atom. The van der Waals surface area contributed by atoms with Crippen molar-refractivity contribution in [1.29, 1.82) is 0 Å². The van der Waals surface area contributed by atoms with Crippen molar-refractivity contribution in [1.82, 2.24) is 10.2 Å². The summed E-state index contributed by atoms with van der Waals surface area (Å²) in [6.07, 6.45) is 0. The van der Waals surface area contributed by atoms with Crippen LogP contribution < -0.4 is 10.6 Å². The fraction of sp³-hybridized carbons (Fsp3) is 0.533. The molecule has 0 aliphatic carbocycles. The third-order valence-corrected chi connectivity index (χ3v) is 3.15. The summed E-state index contributed by atoms with van der Waals surface area (Å²) >= 11 is 0. The fourth-order valence-electron chi connectivity index (χ4n) is 1.97. The van der Waals surface area contributed by atoms with E-state index in [2.05, 4.69) is 29.4 Å². The normalized spacial score (nSPS) is 12.4. The molecule has 0 aliphatic heterocycles. The van der Waals surface area contributed by atoms with Crippen molar-refractivity contribution in [3.63, 3.8) is 0 Å². The van der Waals surface area contributed by atoms with Gasteiger partial charge in [0.25, 0.3) is 0 Å². The molecule has 5 heteroatoms. The zero-order chi connectivity index (χ0) is 15.0. The summed E-state index contributed by atoms with van der Waals surface area (Å²) in [5, 5.41) is 5.83. The molecule has 1 rings (SSSR count). The zero-order valence-electron chi connectivity index (χ0n) is 12.4. The Kier molecular flexibility index (Phi) is 7.18. The van der Waals surface area contributed by atoms with E-state index < -0.39 is 0 Å². The average Bonchev–Trinajstić information content (AvgIpc) is 2.42. The van der Waals surface area contributed by atoms with E-state index in [4.69, 9.17) is 0 Å². The third-order valence-electron chi connectivity index (χ3n) is 3.15. The quantitative estimate of drug-likeness (QED) is 0.767. The molecule has 0 aromatic heterocycles. The molecule has 1 unspecified atom stereocenters. The van der Waals surface area contributed by atoms with Crippen LogP contribution in [0.3, 0.4) is 0 Å². The lowest BCUT2D eigenvalue weighted by Crippen LogP contribution is -2.42. The minimum absolute atomic E-state index is 0.165. The predicted octanol–water partition coefficient (Wildman–Crippen LogP) is 2.08. The van der Waals surface area contributed by atoms with Crippen molar-refractivity contribution in [2.24, 2.45) is 0 Å². The van der Waals surface area contributed by atoms with Crippen LogP contribution in [0, 0.1) is 5.82 Å². The van der Waals surface area contributed by atoms with Crippen LogP contribution >= 0.6 is 0 Å². The van der Waals surface area contributed by atoms with Gasteiger partial charge in [0.1, 0.15) is 5.82 Å². The van der Waals surface area contributed by atoms with Crippen molar-refractivity contribution in [2.75, 3.05) is 31.5 Å². The molecule has 20 heavy (non-hydrogen) atoms. The highest BCUT2D eigenvalue weighted by atomic mass is 19.1. The van der Waals surface area contributed by atoms with Crippen LogP contribution in [0.15, 0.2) is 24.3 Å². The van der Waals surface area contributed by atoms with Crippen LogP contribution in [-0.4, -0.2) is 43.0 Å². The van der Waals surface area contributed by atoms with Crippen LogP contribution in [-0.2, 0) is 4.79 Å². The highest BCUT2D eigenvalue weighted by Crippen LogP contribution is 2.08. The maximum atomic E-state index is 13.0. The molecule has 0 heterocycles. The topological polar surface area (TPSA) is 44.4 Å². The van der Waals surface area contributed by atoms with Gasteiger partial charge < -0.3 is 15.5 Å². The summed E-state index contributed by atoms with van der Waals surface area (Å²) in [4.78, 5) is 14.0. The van der Waals surface area contributed by atoms with Crippen molar-refractivity contribution < 1.29 is 9.18 Å². The highest BCUT2D eigenvalue weighted by molar-refractivity contribution is 5.92. The van der Waals surface area contributed by atoms with E-state index in [1.165, 1.54) is 12.1 Å². The zero-order valence-corrected chi connectivity index (χ0v) is 12.4. The molecule has 4 nitrogen and oxygen atoms in total. The number of benzene rings is 1. The molecule has 112 valence electrons. The van der Waals surface area contributed by atoms with Gasteiger partial charge >= 0.3 is 0 Å². The maximum Gasteiger partial charge on any atom is 0.238 e. The number of likely N-dealkylation sites (N-methyl/N-ethyl adjacent to an activating group) is 1. The number of nitrogens with zero attached hydrogens (tertiary/aromatic N) is 1. The lowest BCUT2D eigenvalue weighted by molar-refractivity contribution is -0.115. The standard InChI is InChI=1S/C15H24FN3O/c1-4-19(5-2)11-12(3)17-10-15(20)18-14-8-6-7-13(16)9-14/h6-9,12,17H,4-5,10-11H2,1-3H3,(H,18,20). The molecule has 0 aliphatic rings.